The van der Waals surface area contributed by atoms with Crippen molar-refractivity contribution in [1.82, 2.24) is 5.32 Å². The maximum absolute atomic E-state index is 13.1. The highest BCUT2D eigenvalue weighted by Crippen LogP contribution is 2.35. The second-order valence-electron chi connectivity index (χ2n) is 6.32. The molecule has 4 rings (SSSR count). The molecule has 26 heavy (non-hydrogen) atoms. The molecule has 1 atom stereocenters. The Kier molecular flexibility index (Phi) is 5.67. The predicted octanol–water partition coefficient (Wildman–Crippen LogP) is 3.15. The first-order chi connectivity index (χ1) is 12.8. The molecule has 1 N–H and O–H groups in total. The van der Waals surface area contributed by atoms with E-state index in [-0.39, 0.29) is 11.9 Å². The quantitative estimate of drug-likeness (QED) is 0.850. The number of nitrogens with zero attached hydrogens (tertiary/aromatic N) is 1. The number of rotatable bonds is 5. The van der Waals surface area contributed by atoms with Gasteiger partial charge in [-0.1, -0.05) is 6.07 Å². The third-order valence-corrected chi connectivity index (χ3v) is 6.44. The number of anilines is 1. The Morgan fingerprint density at radius 3 is 2.88 bits per heavy atom. The molecule has 0 bridgehead atoms. The SMILES string of the molecule is O=C(CC1CSCCN1)N(Cc1cccs1)c1ccc2c(c1)OCCO2. The molecule has 138 valence electrons. The largest absolute Gasteiger partial charge is 0.486 e. The molecular formula is C19H22N2O3S2. The van der Waals surface area contributed by atoms with Crippen LogP contribution in [0.2, 0.25) is 0 Å². The summed E-state index contributed by atoms with van der Waals surface area (Å²) in [5.41, 5.74) is 0.858. The lowest BCUT2D eigenvalue weighted by Crippen LogP contribution is -2.42. The van der Waals surface area contributed by atoms with E-state index in [1.54, 1.807) is 11.3 Å². The highest BCUT2D eigenvalue weighted by molar-refractivity contribution is 7.99. The summed E-state index contributed by atoms with van der Waals surface area (Å²) in [6, 6.07) is 10.1. The molecule has 1 fully saturated rings. The first kappa shape index (κ1) is 17.7. The van der Waals surface area contributed by atoms with Gasteiger partial charge in [-0.05, 0) is 23.6 Å². The van der Waals surface area contributed by atoms with Gasteiger partial charge in [0.2, 0.25) is 5.91 Å². The lowest BCUT2D eigenvalue weighted by Gasteiger charge is -2.28. The zero-order valence-electron chi connectivity index (χ0n) is 14.5. The van der Waals surface area contributed by atoms with E-state index >= 15 is 0 Å². The predicted molar refractivity (Wildman–Crippen MR) is 107 cm³/mol. The van der Waals surface area contributed by atoms with Crippen LogP contribution in [0, 0.1) is 0 Å². The van der Waals surface area contributed by atoms with E-state index in [4.69, 9.17) is 9.47 Å². The van der Waals surface area contributed by atoms with Crippen molar-refractivity contribution in [2.24, 2.45) is 0 Å². The van der Waals surface area contributed by atoms with Gasteiger partial charge in [-0.25, -0.2) is 0 Å². The van der Waals surface area contributed by atoms with E-state index in [1.807, 2.05) is 46.3 Å². The second kappa shape index (κ2) is 8.33. The molecule has 2 aliphatic heterocycles. The lowest BCUT2D eigenvalue weighted by molar-refractivity contribution is -0.119. The van der Waals surface area contributed by atoms with E-state index in [9.17, 15) is 4.79 Å². The number of hydrogen-bond donors (Lipinski definition) is 1. The fourth-order valence-electron chi connectivity index (χ4n) is 3.15. The smallest absolute Gasteiger partial charge is 0.228 e. The van der Waals surface area contributed by atoms with Gasteiger partial charge in [0, 0.05) is 47.1 Å². The van der Waals surface area contributed by atoms with Gasteiger partial charge >= 0.3 is 0 Å². The van der Waals surface area contributed by atoms with E-state index in [0.29, 0.717) is 31.9 Å². The number of carbonyl (C=O) groups excluding carboxylic acids is 1. The summed E-state index contributed by atoms with van der Waals surface area (Å²) in [4.78, 5) is 16.1. The maximum Gasteiger partial charge on any atom is 0.228 e. The van der Waals surface area contributed by atoms with Crippen molar-refractivity contribution in [2.75, 3.05) is 36.2 Å². The van der Waals surface area contributed by atoms with Crippen molar-refractivity contribution in [3.05, 3.63) is 40.6 Å². The molecule has 5 nitrogen and oxygen atoms in total. The summed E-state index contributed by atoms with van der Waals surface area (Å²) in [6.07, 6.45) is 0.507. The fourth-order valence-corrected chi connectivity index (χ4v) is 4.80. The molecule has 0 radical (unpaired) electrons. The van der Waals surface area contributed by atoms with Crippen LogP contribution >= 0.6 is 23.1 Å². The van der Waals surface area contributed by atoms with Crippen LogP contribution in [0.25, 0.3) is 0 Å². The van der Waals surface area contributed by atoms with Gasteiger partial charge in [-0.3, -0.25) is 4.79 Å². The zero-order valence-corrected chi connectivity index (χ0v) is 16.1. The third-order valence-electron chi connectivity index (χ3n) is 4.45. The summed E-state index contributed by atoms with van der Waals surface area (Å²) in [5.74, 6) is 3.69. The van der Waals surface area contributed by atoms with Gasteiger partial charge in [0.15, 0.2) is 11.5 Å². The zero-order chi connectivity index (χ0) is 17.8. The minimum Gasteiger partial charge on any atom is -0.486 e. The van der Waals surface area contributed by atoms with Crippen LogP contribution in [-0.2, 0) is 11.3 Å². The number of nitrogens with one attached hydrogen (secondary N) is 1. The van der Waals surface area contributed by atoms with E-state index in [1.165, 1.54) is 4.88 Å². The first-order valence-corrected chi connectivity index (χ1v) is 10.9. The standard InChI is InChI=1S/C19H22N2O3S2/c22-19(10-14-13-25-9-5-20-14)21(12-16-2-1-8-26-16)15-3-4-17-18(11-15)24-7-6-23-17/h1-4,8,11,14,20H,5-7,9-10,12-13H2. The molecule has 3 heterocycles. The van der Waals surface area contributed by atoms with Gasteiger partial charge in [0.05, 0.1) is 6.54 Å². The van der Waals surface area contributed by atoms with Crippen molar-refractivity contribution < 1.29 is 14.3 Å². The van der Waals surface area contributed by atoms with Crippen molar-refractivity contribution in [3.63, 3.8) is 0 Å². The summed E-state index contributed by atoms with van der Waals surface area (Å²) < 4.78 is 11.3. The Bertz CT molecular complexity index is 745. The molecule has 1 aromatic heterocycles. The van der Waals surface area contributed by atoms with Crippen LogP contribution in [0.3, 0.4) is 0 Å². The lowest BCUT2D eigenvalue weighted by atomic mass is 10.1. The van der Waals surface area contributed by atoms with E-state index in [2.05, 4.69) is 11.4 Å². The summed E-state index contributed by atoms with van der Waals surface area (Å²) in [6.45, 7) is 2.65. The van der Waals surface area contributed by atoms with Crippen molar-refractivity contribution in [1.29, 1.82) is 0 Å². The van der Waals surface area contributed by atoms with Crippen LogP contribution < -0.4 is 19.7 Å². The highest BCUT2D eigenvalue weighted by atomic mass is 32.2. The monoisotopic (exact) mass is 390 g/mol. The topological polar surface area (TPSA) is 50.8 Å². The Hall–Kier alpha value is -1.70. The van der Waals surface area contributed by atoms with Crippen LogP contribution in [-0.4, -0.2) is 43.2 Å². The average molecular weight is 391 g/mol. The van der Waals surface area contributed by atoms with Gasteiger partial charge in [-0.15, -0.1) is 11.3 Å². The molecule has 2 aliphatic rings. The number of hydrogen-bond acceptors (Lipinski definition) is 6. The van der Waals surface area contributed by atoms with Gasteiger partial charge in [0.1, 0.15) is 13.2 Å². The summed E-state index contributed by atoms with van der Waals surface area (Å²) in [7, 11) is 0. The molecule has 2 aromatic rings. The van der Waals surface area contributed by atoms with Crippen LogP contribution in [0.4, 0.5) is 5.69 Å². The molecule has 1 unspecified atom stereocenters. The Morgan fingerprint density at radius 1 is 1.23 bits per heavy atom. The number of thiophene rings is 1. The Labute approximate surface area is 161 Å². The summed E-state index contributed by atoms with van der Waals surface area (Å²) in [5, 5.41) is 5.50. The van der Waals surface area contributed by atoms with E-state index in [0.717, 1.165) is 29.5 Å². The number of fused-ring (bicyclic) bond motifs is 1. The highest BCUT2D eigenvalue weighted by Gasteiger charge is 2.24. The normalized spacial score (nSPS) is 19.2. The molecule has 1 saturated heterocycles. The maximum atomic E-state index is 13.1. The molecule has 7 heteroatoms. The number of ether oxygens (including phenoxy) is 2. The summed E-state index contributed by atoms with van der Waals surface area (Å²) >= 11 is 3.58. The number of amides is 1. The second-order valence-corrected chi connectivity index (χ2v) is 8.50. The van der Waals surface area contributed by atoms with Crippen LogP contribution in [0.15, 0.2) is 35.7 Å². The number of carbonyl (C=O) groups is 1. The minimum atomic E-state index is 0.134. The number of thioether (sulfide) groups is 1. The fraction of sp³-hybridized carbons (Fsp3) is 0.421. The van der Waals surface area contributed by atoms with Gasteiger partial charge in [-0.2, -0.15) is 11.8 Å². The molecular weight excluding hydrogens is 368 g/mol. The minimum absolute atomic E-state index is 0.134. The van der Waals surface area contributed by atoms with E-state index < -0.39 is 0 Å². The van der Waals surface area contributed by atoms with Gasteiger partial charge in [0.25, 0.3) is 0 Å². The molecule has 0 aliphatic carbocycles. The molecule has 0 spiro atoms. The first-order valence-electron chi connectivity index (χ1n) is 8.83. The molecule has 1 amide bonds. The molecule has 1 aromatic carbocycles. The van der Waals surface area contributed by atoms with Crippen molar-refractivity contribution >= 4 is 34.7 Å². The third kappa shape index (κ3) is 4.16. The van der Waals surface area contributed by atoms with Gasteiger partial charge < -0.3 is 19.7 Å². The van der Waals surface area contributed by atoms with Crippen molar-refractivity contribution in [2.45, 2.75) is 19.0 Å². The van der Waals surface area contributed by atoms with Crippen molar-refractivity contribution in [3.8, 4) is 11.5 Å². The Morgan fingerprint density at radius 2 is 2.12 bits per heavy atom. The Balaban J connectivity index is 1.56. The number of benzene rings is 1. The van der Waals surface area contributed by atoms with Crippen LogP contribution in [0.1, 0.15) is 11.3 Å². The average Bonchev–Trinajstić information content (AvgIpc) is 3.20. The molecule has 0 saturated carbocycles. The van der Waals surface area contributed by atoms with Crippen LogP contribution in [0.5, 0.6) is 11.5 Å².